The summed E-state index contributed by atoms with van der Waals surface area (Å²) in [5.74, 6) is 2.24. The summed E-state index contributed by atoms with van der Waals surface area (Å²) in [4.78, 5) is 8.97. The molecular formula is C22H22N4O. The first-order chi connectivity index (χ1) is 13.2. The summed E-state index contributed by atoms with van der Waals surface area (Å²) in [7, 11) is 1.67. The quantitative estimate of drug-likeness (QED) is 0.528. The van der Waals surface area contributed by atoms with Crippen molar-refractivity contribution < 1.29 is 4.74 Å². The van der Waals surface area contributed by atoms with Gasteiger partial charge in [-0.2, -0.15) is 0 Å². The van der Waals surface area contributed by atoms with E-state index in [1.165, 1.54) is 5.56 Å². The van der Waals surface area contributed by atoms with Gasteiger partial charge in [0.15, 0.2) is 5.65 Å². The van der Waals surface area contributed by atoms with Crippen LogP contribution in [0.2, 0.25) is 0 Å². The standard InChI is InChI=1S/C22H22N4O/c1-15(2)16-4-8-18(9-5-16)24-22-21(17-6-10-19(27-3)11-7-17)25-20-14-23-12-13-26(20)22/h4-15,24H,1-3H3. The maximum atomic E-state index is 5.27. The fourth-order valence-corrected chi connectivity index (χ4v) is 3.06. The predicted octanol–water partition coefficient (Wildman–Crippen LogP) is 5.27. The highest BCUT2D eigenvalue weighted by atomic mass is 16.5. The van der Waals surface area contributed by atoms with Gasteiger partial charge in [0.1, 0.15) is 17.3 Å². The van der Waals surface area contributed by atoms with Crippen molar-refractivity contribution in [3.8, 4) is 17.0 Å². The number of benzene rings is 2. The number of anilines is 2. The van der Waals surface area contributed by atoms with Crippen molar-refractivity contribution in [3.05, 3.63) is 72.7 Å². The normalized spacial score (nSPS) is 11.1. The molecule has 0 saturated carbocycles. The van der Waals surface area contributed by atoms with Crippen LogP contribution in [0.4, 0.5) is 11.5 Å². The molecule has 2 aromatic heterocycles. The second-order valence-corrected chi connectivity index (χ2v) is 6.74. The molecule has 0 aliphatic rings. The summed E-state index contributed by atoms with van der Waals surface area (Å²) in [6, 6.07) is 16.4. The first kappa shape index (κ1) is 17.1. The summed E-state index contributed by atoms with van der Waals surface area (Å²) in [6.07, 6.45) is 5.44. The molecule has 0 aliphatic heterocycles. The molecule has 0 radical (unpaired) electrons. The molecule has 0 spiro atoms. The van der Waals surface area contributed by atoms with Gasteiger partial charge in [-0.1, -0.05) is 26.0 Å². The molecule has 0 atom stereocenters. The third kappa shape index (κ3) is 3.36. The van der Waals surface area contributed by atoms with Gasteiger partial charge in [0.2, 0.25) is 0 Å². The van der Waals surface area contributed by atoms with Crippen molar-refractivity contribution in [2.24, 2.45) is 0 Å². The number of ether oxygens (including phenoxy) is 1. The Kier molecular flexibility index (Phi) is 4.50. The first-order valence-corrected chi connectivity index (χ1v) is 8.99. The molecule has 5 heteroatoms. The molecule has 136 valence electrons. The van der Waals surface area contributed by atoms with Gasteiger partial charge >= 0.3 is 0 Å². The van der Waals surface area contributed by atoms with Crippen LogP contribution < -0.4 is 10.1 Å². The number of nitrogens with zero attached hydrogens (tertiary/aromatic N) is 3. The summed E-state index contributed by atoms with van der Waals surface area (Å²) >= 11 is 0. The van der Waals surface area contributed by atoms with E-state index in [-0.39, 0.29) is 0 Å². The number of aromatic nitrogens is 3. The van der Waals surface area contributed by atoms with Crippen LogP contribution in [0, 0.1) is 0 Å². The molecule has 1 N–H and O–H groups in total. The van der Waals surface area contributed by atoms with Crippen LogP contribution in [0.1, 0.15) is 25.3 Å². The zero-order valence-electron chi connectivity index (χ0n) is 15.7. The number of fused-ring (bicyclic) bond motifs is 1. The third-order valence-electron chi connectivity index (χ3n) is 4.63. The van der Waals surface area contributed by atoms with Crippen LogP contribution in [0.3, 0.4) is 0 Å². The Hall–Kier alpha value is -3.34. The van der Waals surface area contributed by atoms with Gasteiger partial charge in [0.25, 0.3) is 0 Å². The minimum absolute atomic E-state index is 0.510. The van der Waals surface area contributed by atoms with Crippen molar-refractivity contribution in [1.82, 2.24) is 14.4 Å². The topological polar surface area (TPSA) is 51.5 Å². The molecule has 0 saturated heterocycles. The zero-order chi connectivity index (χ0) is 18.8. The minimum Gasteiger partial charge on any atom is -0.497 e. The van der Waals surface area contributed by atoms with E-state index in [0.29, 0.717) is 5.92 Å². The van der Waals surface area contributed by atoms with E-state index < -0.39 is 0 Å². The second-order valence-electron chi connectivity index (χ2n) is 6.74. The lowest BCUT2D eigenvalue weighted by molar-refractivity contribution is 0.415. The molecule has 4 rings (SSSR count). The van der Waals surface area contributed by atoms with Crippen LogP contribution in [0.15, 0.2) is 67.1 Å². The summed E-state index contributed by atoms with van der Waals surface area (Å²) in [6.45, 7) is 4.39. The molecule has 0 aliphatic carbocycles. The fourth-order valence-electron chi connectivity index (χ4n) is 3.06. The molecule has 4 aromatic rings. The van der Waals surface area contributed by atoms with E-state index in [1.807, 2.05) is 34.9 Å². The maximum absolute atomic E-state index is 5.27. The Labute approximate surface area is 158 Å². The highest BCUT2D eigenvalue weighted by Crippen LogP contribution is 2.32. The van der Waals surface area contributed by atoms with E-state index >= 15 is 0 Å². The minimum atomic E-state index is 0.510. The summed E-state index contributed by atoms with van der Waals surface area (Å²) in [5.41, 5.74) is 5.02. The van der Waals surface area contributed by atoms with E-state index in [0.717, 1.165) is 34.2 Å². The Morgan fingerprint density at radius 2 is 1.74 bits per heavy atom. The Balaban J connectivity index is 1.77. The van der Waals surface area contributed by atoms with Crippen LogP contribution >= 0.6 is 0 Å². The average Bonchev–Trinajstić information content (AvgIpc) is 3.07. The second kappa shape index (κ2) is 7.11. The van der Waals surface area contributed by atoms with E-state index in [2.05, 4.69) is 48.4 Å². The summed E-state index contributed by atoms with van der Waals surface area (Å²) in [5, 5.41) is 3.53. The molecule has 0 amide bonds. The molecule has 27 heavy (non-hydrogen) atoms. The first-order valence-electron chi connectivity index (χ1n) is 8.99. The van der Waals surface area contributed by atoms with Crippen molar-refractivity contribution in [3.63, 3.8) is 0 Å². The highest BCUT2D eigenvalue weighted by Gasteiger charge is 2.14. The SMILES string of the molecule is COc1ccc(-c2nc3cnccn3c2Nc2ccc(C(C)C)cc2)cc1. The van der Waals surface area contributed by atoms with Crippen molar-refractivity contribution in [2.45, 2.75) is 19.8 Å². The maximum Gasteiger partial charge on any atom is 0.157 e. The molecule has 0 bridgehead atoms. The van der Waals surface area contributed by atoms with E-state index in [9.17, 15) is 0 Å². The lowest BCUT2D eigenvalue weighted by atomic mass is 10.0. The Morgan fingerprint density at radius 3 is 2.41 bits per heavy atom. The Bertz CT molecular complexity index is 1050. The molecule has 5 nitrogen and oxygen atoms in total. The average molecular weight is 358 g/mol. The van der Waals surface area contributed by atoms with Crippen molar-refractivity contribution >= 4 is 17.2 Å². The fraction of sp³-hybridized carbons (Fsp3) is 0.182. The summed E-state index contributed by atoms with van der Waals surface area (Å²) < 4.78 is 7.29. The number of hydrogen-bond acceptors (Lipinski definition) is 4. The zero-order valence-corrected chi connectivity index (χ0v) is 15.7. The third-order valence-corrected chi connectivity index (χ3v) is 4.63. The number of nitrogens with one attached hydrogen (secondary N) is 1. The van der Waals surface area contributed by atoms with E-state index in [1.54, 1.807) is 19.5 Å². The van der Waals surface area contributed by atoms with Gasteiger partial charge in [-0.05, 0) is 47.9 Å². The van der Waals surface area contributed by atoms with Gasteiger partial charge < -0.3 is 10.1 Å². The number of rotatable bonds is 5. The van der Waals surface area contributed by atoms with Gasteiger partial charge in [-0.25, -0.2) is 4.98 Å². The van der Waals surface area contributed by atoms with Crippen LogP contribution in [0.25, 0.3) is 16.9 Å². The van der Waals surface area contributed by atoms with Gasteiger partial charge in [-0.15, -0.1) is 0 Å². The molecular weight excluding hydrogens is 336 g/mol. The number of imidazole rings is 1. The monoisotopic (exact) mass is 358 g/mol. The largest absolute Gasteiger partial charge is 0.497 e. The van der Waals surface area contributed by atoms with Crippen LogP contribution in [-0.2, 0) is 0 Å². The van der Waals surface area contributed by atoms with Crippen LogP contribution in [-0.4, -0.2) is 21.5 Å². The van der Waals surface area contributed by atoms with E-state index in [4.69, 9.17) is 9.72 Å². The van der Waals surface area contributed by atoms with Gasteiger partial charge in [0.05, 0.1) is 13.3 Å². The van der Waals surface area contributed by atoms with Gasteiger partial charge in [0, 0.05) is 23.6 Å². The number of hydrogen-bond donors (Lipinski definition) is 1. The molecule has 2 aromatic carbocycles. The highest BCUT2D eigenvalue weighted by molar-refractivity contribution is 5.79. The Morgan fingerprint density at radius 1 is 1.00 bits per heavy atom. The smallest absolute Gasteiger partial charge is 0.157 e. The molecule has 0 fully saturated rings. The van der Waals surface area contributed by atoms with Gasteiger partial charge in [-0.3, -0.25) is 9.38 Å². The van der Waals surface area contributed by atoms with Crippen LogP contribution in [0.5, 0.6) is 5.75 Å². The lowest BCUT2D eigenvalue weighted by Crippen LogP contribution is -1.98. The molecule has 0 unspecified atom stereocenters. The lowest BCUT2D eigenvalue weighted by Gasteiger charge is -2.11. The predicted molar refractivity (Wildman–Crippen MR) is 109 cm³/mol. The number of methoxy groups -OCH3 is 1. The molecule has 2 heterocycles. The van der Waals surface area contributed by atoms with Crippen molar-refractivity contribution in [1.29, 1.82) is 0 Å². The van der Waals surface area contributed by atoms with Crippen molar-refractivity contribution in [2.75, 3.05) is 12.4 Å².